The quantitative estimate of drug-likeness (QED) is 0.648. The normalized spacial score (nSPS) is 18.9. The molecule has 0 amide bonds. The van der Waals surface area contributed by atoms with Gasteiger partial charge in [0.1, 0.15) is 11.5 Å². The highest BCUT2D eigenvalue weighted by Gasteiger charge is 2.55. The van der Waals surface area contributed by atoms with Crippen molar-refractivity contribution in [2.75, 3.05) is 0 Å². The van der Waals surface area contributed by atoms with Gasteiger partial charge in [0, 0.05) is 16.5 Å². The smallest absolute Gasteiger partial charge is 0.119 e. The van der Waals surface area contributed by atoms with Gasteiger partial charge in [-0.2, -0.15) is 0 Å². The molecular weight excluding hydrogens is 190 g/mol. The zero-order chi connectivity index (χ0) is 11.3. The number of hydrogen-bond acceptors (Lipinski definition) is 3. The predicted octanol–water partition coefficient (Wildman–Crippen LogP) is 1.87. The van der Waals surface area contributed by atoms with E-state index in [1.165, 1.54) is 12.1 Å². The number of aromatic hydroxyl groups is 2. The van der Waals surface area contributed by atoms with Crippen molar-refractivity contribution in [2.24, 2.45) is 5.73 Å². The number of phenolic OH excluding ortho intramolecular Hbond substituents is 2. The molecule has 1 aliphatic carbocycles. The van der Waals surface area contributed by atoms with Crippen molar-refractivity contribution < 1.29 is 10.2 Å². The van der Waals surface area contributed by atoms with Crippen LogP contribution in [-0.2, 0) is 5.41 Å². The van der Waals surface area contributed by atoms with E-state index in [-0.39, 0.29) is 22.5 Å². The summed E-state index contributed by atoms with van der Waals surface area (Å²) in [6.07, 6.45) is 1.93. The van der Waals surface area contributed by atoms with E-state index >= 15 is 0 Å². The lowest BCUT2D eigenvalue weighted by Crippen LogP contribution is -2.45. The lowest BCUT2D eigenvalue weighted by Gasteiger charge is -2.31. The van der Waals surface area contributed by atoms with Crippen LogP contribution in [0.25, 0.3) is 0 Å². The van der Waals surface area contributed by atoms with Gasteiger partial charge in [-0.1, -0.05) is 0 Å². The topological polar surface area (TPSA) is 66.5 Å². The molecule has 0 aliphatic heterocycles. The SMILES string of the molecule is CC(C)(N)C1(c2cc(O)ccc2O)CC1. The number of rotatable bonds is 2. The molecule has 0 radical (unpaired) electrons. The summed E-state index contributed by atoms with van der Waals surface area (Å²) in [6, 6.07) is 4.63. The number of benzene rings is 1. The lowest BCUT2D eigenvalue weighted by atomic mass is 9.79. The van der Waals surface area contributed by atoms with Gasteiger partial charge in [0.2, 0.25) is 0 Å². The van der Waals surface area contributed by atoms with Gasteiger partial charge in [-0.3, -0.25) is 0 Å². The Bertz CT molecular complexity index is 389. The largest absolute Gasteiger partial charge is 0.508 e. The molecule has 0 bridgehead atoms. The highest BCUT2D eigenvalue weighted by molar-refractivity contribution is 5.48. The van der Waals surface area contributed by atoms with Crippen molar-refractivity contribution in [1.82, 2.24) is 0 Å². The number of phenols is 2. The van der Waals surface area contributed by atoms with Crippen LogP contribution < -0.4 is 5.73 Å². The monoisotopic (exact) mass is 207 g/mol. The van der Waals surface area contributed by atoms with Gasteiger partial charge in [-0.05, 0) is 44.9 Å². The van der Waals surface area contributed by atoms with E-state index < -0.39 is 0 Å². The predicted molar refractivity (Wildman–Crippen MR) is 59.0 cm³/mol. The highest BCUT2D eigenvalue weighted by atomic mass is 16.3. The Kier molecular flexibility index (Phi) is 1.98. The maximum atomic E-state index is 9.81. The van der Waals surface area contributed by atoms with Gasteiger partial charge in [0.25, 0.3) is 0 Å². The summed E-state index contributed by atoms with van der Waals surface area (Å²) in [4.78, 5) is 0. The maximum Gasteiger partial charge on any atom is 0.119 e. The molecule has 15 heavy (non-hydrogen) atoms. The molecule has 2 rings (SSSR count). The molecular formula is C12H17NO2. The van der Waals surface area contributed by atoms with E-state index in [0.717, 1.165) is 18.4 Å². The molecule has 3 heteroatoms. The molecule has 3 nitrogen and oxygen atoms in total. The summed E-state index contributed by atoms with van der Waals surface area (Å²) in [5.74, 6) is 0.405. The second-order valence-corrected chi connectivity index (χ2v) is 5.01. The zero-order valence-corrected chi connectivity index (χ0v) is 9.12. The molecule has 1 aromatic rings. The van der Waals surface area contributed by atoms with Crippen LogP contribution in [-0.4, -0.2) is 15.8 Å². The molecule has 1 saturated carbocycles. The summed E-state index contributed by atoms with van der Waals surface area (Å²) in [7, 11) is 0. The van der Waals surface area contributed by atoms with Crippen molar-refractivity contribution in [3.63, 3.8) is 0 Å². The summed E-state index contributed by atoms with van der Waals surface area (Å²) >= 11 is 0. The molecule has 0 aromatic heterocycles. The second-order valence-electron chi connectivity index (χ2n) is 5.01. The van der Waals surface area contributed by atoms with Gasteiger partial charge >= 0.3 is 0 Å². The van der Waals surface area contributed by atoms with Crippen molar-refractivity contribution in [3.8, 4) is 11.5 Å². The van der Waals surface area contributed by atoms with Gasteiger partial charge in [0.15, 0.2) is 0 Å². The van der Waals surface area contributed by atoms with Gasteiger partial charge in [0.05, 0.1) is 0 Å². The minimum atomic E-state index is -0.377. The summed E-state index contributed by atoms with van der Waals surface area (Å²) in [5, 5.41) is 19.2. The molecule has 0 saturated heterocycles. The van der Waals surface area contributed by atoms with Crippen LogP contribution >= 0.6 is 0 Å². The second kappa shape index (κ2) is 2.89. The van der Waals surface area contributed by atoms with E-state index in [4.69, 9.17) is 5.73 Å². The summed E-state index contributed by atoms with van der Waals surface area (Å²) < 4.78 is 0. The molecule has 1 aliphatic rings. The minimum absolute atomic E-state index is 0.171. The molecule has 0 atom stereocenters. The van der Waals surface area contributed by atoms with Crippen LogP contribution in [0.4, 0.5) is 0 Å². The number of hydrogen-bond donors (Lipinski definition) is 3. The molecule has 0 heterocycles. The lowest BCUT2D eigenvalue weighted by molar-refractivity contribution is 0.369. The van der Waals surface area contributed by atoms with Crippen molar-refractivity contribution >= 4 is 0 Å². The fraction of sp³-hybridized carbons (Fsp3) is 0.500. The van der Waals surface area contributed by atoms with E-state index in [1.807, 2.05) is 13.8 Å². The third kappa shape index (κ3) is 1.47. The van der Waals surface area contributed by atoms with Crippen LogP contribution in [0, 0.1) is 0 Å². The average molecular weight is 207 g/mol. The highest BCUT2D eigenvalue weighted by Crippen LogP contribution is 2.57. The Hall–Kier alpha value is -1.22. The Morgan fingerprint density at radius 1 is 1.27 bits per heavy atom. The Morgan fingerprint density at radius 2 is 1.87 bits per heavy atom. The third-order valence-corrected chi connectivity index (χ3v) is 3.48. The molecule has 0 spiro atoms. The first-order chi connectivity index (χ1) is 6.87. The summed E-state index contributed by atoms with van der Waals surface area (Å²) in [6.45, 7) is 3.92. The van der Waals surface area contributed by atoms with Gasteiger partial charge in [-0.15, -0.1) is 0 Å². The molecule has 1 fully saturated rings. The maximum absolute atomic E-state index is 9.81. The van der Waals surface area contributed by atoms with Crippen LogP contribution in [0.5, 0.6) is 11.5 Å². The van der Waals surface area contributed by atoms with Gasteiger partial charge < -0.3 is 15.9 Å². The van der Waals surface area contributed by atoms with Crippen LogP contribution in [0.3, 0.4) is 0 Å². The van der Waals surface area contributed by atoms with E-state index in [2.05, 4.69) is 0 Å². The van der Waals surface area contributed by atoms with Crippen molar-refractivity contribution in [2.45, 2.75) is 37.6 Å². The fourth-order valence-corrected chi connectivity index (χ4v) is 2.29. The molecule has 82 valence electrons. The van der Waals surface area contributed by atoms with Crippen molar-refractivity contribution in [3.05, 3.63) is 23.8 Å². The standard InChI is InChI=1S/C12H17NO2/c1-11(2,13)12(5-6-12)9-7-8(14)3-4-10(9)15/h3-4,7,14-15H,5-6,13H2,1-2H3. The average Bonchev–Trinajstić information content (AvgIpc) is 2.88. The fourth-order valence-electron chi connectivity index (χ4n) is 2.29. The van der Waals surface area contributed by atoms with E-state index in [0.29, 0.717) is 0 Å². The Morgan fingerprint density at radius 3 is 2.33 bits per heavy atom. The first-order valence-electron chi connectivity index (χ1n) is 5.18. The molecule has 1 aromatic carbocycles. The Labute approximate surface area is 89.5 Å². The van der Waals surface area contributed by atoms with Crippen LogP contribution in [0.1, 0.15) is 32.3 Å². The minimum Gasteiger partial charge on any atom is -0.508 e. The van der Waals surface area contributed by atoms with Gasteiger partial charge in [-0.25, -0.2) is 0 Å². The molecule has 0 unspecified atom stereocenters. The first-order valence-corrected chi connectivity index (χ1v) is 5.18. The van der Waals surface area contributed by atoms with Crippen LogP contribution in [0.15, 0.2) is 18.2 Å². The Balaban J connectivity index is 2.50. The van der Waals surface area contributed by atoms with Crippen molar-refractivity contribution in [1.29, 1.82) is 0 Å². The molecule has 4 N–H and O–H groups in total. The van der Waals surface area contributed by atoms with E-state index in [9.17, 15) is 10.2 Å². The summed E-state index contributed by atoms with van der Waals surface area (Å²) in [5.41, 5.74) is 6.36. The zero-order valence-electron chi connectivity index (χ0n) is 9.12. The third-order valence-electron chi connectivity index (χ3n) is 3.48. The van der Waals surface area contributed by atoms with Crippen LogP contribution in [0.2, 0.25) is 0 Å². The first kappa shape index (κ1) is 10.3. The number of nitrogens with two attached hydrogens (primary N) is 1. The van der Waals surface area contributed by atoms with E-state index in [1.54, 1.807) is 6.07 Å².